The molecule has 2 atom stereocenters. The van der Waals surface area contributed by atoms with Crippen LogP contribution in [0.25, 0.3) is 0 Å². The van der Waals surface area contributed by atoms with Crippen LogP contribution in [0.15, 0.2) is 24.3 Å². The molecule has 110 valence electrons. The minimum atomic E-state index is -0.983. The van der Waals surface area contributed by atoms with Gasteiger partial charge < -0.3 is 15.7 Å². The molecule has 1 aromatic carbocycles. The summed E-state index contributed by atoms with van der Waals surface area (Å²) >= 11 is 0. The second kappa shape index (κ2) is 7.64. The number of carboxylic acid groups (broad SMARTS) is 1. The molecule has 0 saturated heterocycles. The molecule has 2 unspecified atom stereocenters. The minimum absolute atomic E-state index is 0.101. The van der Waals surface area contributed by atoms with E-state index in [1.807, 2.05) is 0 Å². The second-order valence-electron chi connectivity index (χ2n) is 4.37. The van der Waals surface area contributed by atoms with Crippen LogP contribution in [0.4, 0.5) is 4.79 Å². The maximum atomic E-state index is 11.5. The fraction of sp³-hybridized carbons (Fsp3) is 0.385. The molecule has 3 N–H and O–H groups in total. The number of carbonyl (C=O) groups excluding carboxylic acids is 1. The fourth-order valence-electron chi connectivity index (χ4n) is 1.36. The average Bonchev–Trinajstić information content (AvgIpc) is 2.42. The highest BCUT2D eigenvalue weighted by atomic mass is 32.2. The van der Waals surface area contributed by atoms with E-state index in [2.05, 4.69) is 10.6 Å². The zero-order valence-corrected chi connectivity index (χ0v) is 12.2. The molecule has 1 aromatic rings. The zero-order valence-electron chi connectivity index (χ0n) is 11.4. The van der Waals surface area contributed by atoms with E-state index < -0.39 is 16.8 Å². The van der Waals surface area contributed by atoms with Gasteiger partial charge in [-0.3, -0.25) is 4.21 Å². The van der Waals surface area contributed by atoms with Crippen LogP contribution in [-0.2, 0) is 17.3 Å². The molecular weight excluding hydrogens is 280 g/mol. The lowest BCUT2D eigenvalue weighted by Crippen LogP contribution is -2.39. The molecule has 2 amide bonds. The van der Waals surface area contributed by atoms with Crippen LogP contribution in [0.3, 0.4) is 0 Å². The molecule has 0 aliphatic carbocycles. The largest absolute Gasteiger partial charge is 0.478 e. The Hall–Kier alpha value is -1.89. The first kappa shape index (κ1) is 16.2. The standard InChI is InChI=1S/C13H18N2O4S/c1-9(20(2)19)7-14-13(18)15-8-10-3-5-11(6-4-10)12(16)17/h3-6,9H,7-8H2,1-2H3,(H,16,17)(H2,14,15,18). The summed E-state index contributed by atoms with van der Waals surface area (Å²) in [4.78, 5) is 22.2. The van der Waals surface area contributed by atoms with Gasteiger partial charge in [-0.25, -0.2) is 9.59 Å². The molecule has 0 aliphatic rings. The van der Waals surface area contributed by atoms with Crippen LogP contribution < -0.4 is 10.6 Å². The van der Waals surface area contributed by atoms with Crippen molar-refractivity contribution in [2.24, 2.45) is 0 Å². The van der Waals surface area contributed by atoms with Gasteiger partial charge in [-0.1, -0.05) is 12.1 Å². The van der Waals surface area contributed by atoms with E-state index in [0.29, 0.717) is 13.1 Å². The monoisotopic (exact) mass is 298 g/mol. The Kier molecular flexibility index (Phi) is 6.17. The summed E-state index contributed by atoms with van der Waals surface area (Å²) in [6, 6.07) is 5.92. The highest BCUT2D eigenvalue weighted by Gasteiger charge is 2.08. The van der Waals surface area contributed by atoms with Gasteiger partial charge in [0.15, 0.2) is 0 Å². The lowest BCUT2D eigenvalue weighted by molar-refractivity contribution is 0.0697. The summed E-state index contributed by atoms with van der Waals surface area (Å²) in [5.74, 6) is -0.983. The highest BCUT2D eigenvalue weighted by Crippen LogP contribution is 2.04. The zero-order chi connectivity index (χ0) is 15.1. The van der Waals surface area contributed by atoms with E-state index in [4.69, 9.17) is 5.11 Å². The topological polar surface area (TPSA) is 95.5 Å². The summed E-state index contributed by atoms with van der Waals surface area (Å²) in [6.45, 7) is 2.43. The molecule has 0 heterocycles. The van der Waals surface area contributed by atoms with Crippen LogP contribution in [0.2, 0.25) is 0 Å². The van der Waals surface area contributed by atoms with Gasteiger partial charge in [0.2, 0.25) is 0 Å². The molecule has 0 spiro atoms. The van der Waals surface area contributed by atoms with Gasteiger partial charge in [-0.15, -0.1) is 0 Å². The number of urea groups is 1. The molecule has 0 radical (unpaired) electrons. The number of hydrogen-bond donors (Lipinski definition) is 3. The minimum Gasteiger partial charge on any atom is -0.478 e. The maximum Gasteiger partial charge on any atom is 0.335 e. The summed E-state index contributed by atoms with van der Waals surface area (Å²) in [7, 11) is -0.972. The molecule has 7 heteroatoms. The Morgan fingerprint density at radius 2 is 1.85 bits per heavy atom. The van der Waals surface area contributed by atoms with Crippen molar-refractivity contribution in [3.63, 3.8) is 0 Å². The lowest BCUT2D eigenvalue weighted by Gasteiger charge is -2.11. The summed E-state index contributed by atoms with van der Waals surface area (Å²) in [5, 5.41) is 13.9. The second-order valence-corrected chi connectivity index (χ2v) is 6.18. The van der Waals surface area contributed by atoms with E-state index in [1.54, 1.807) is 25.3 Å². The van der Waals surface area contributed by atoms with E-state index >= 15 is 0 Å². The molecule has 0 bridgehead atoms. The van der Waals surface area contributed by atoms with E-state index in [1.165, 1.54) is 12.1 Å². The number of carboxylic acids is 1. The fourth-order valence-corrected chi connectivity index (χ4v) is 1.68. The van der Waals surface area contributed by atoms with Crippen molar-refractivity contribution in [1.29, 1.82) is 0 Å². The van der Waals surface area contributed by atoms with Crippen molar-refractivity contribution in [3.8, 4) is 0 Å². The van der Waals surface area contributed by atoms with Crippen molar-refractivity contribution >= 4 is 22.8 Å². The Labute approximate surface area is 120 Å². The van der Waals surface area contributed by atoms with Crippen LogP contribution in [-0.4, -0.2) is 39.4 Å². The predicted octanol–water partition coefficient (Wildman–Crippen LogP) is 0.951. The van der Waals surface area contributed by atoms with Crippen molar-refractivity contribution < 1.29 is 18.9 Å². The van der Waals surface area contributed by atoms with Crippen LogP contribution in [0, 0.1) is 0 Å². The van der Waals surface area contributed by atoms with Crippen molar-refractivity contribution in [1.82, 2.24) is 10.6 Å². The number of nitrogens with one attached hydrogen (secondary N) is 2. The number of benzene rings is 1. The first-order chi connectivity index (χ1) is 9.40. The predicted molar refractivity (Wildman–Crippen MR) is 77.2 cm³/mol. The Bertz CT molecular complexity index is 502. The SMILES string of the molecule is CC(CNC(=O)NCc1ccc(C(=O)O)cc1)S(C)=O. The first-order valence-corrected chi connectivity index (χ1v) is 7.68. The number of rotatable bonds is 6. The molecule has 6 nitrogen and oxygen atoms in total. The third-order valence-electron chi connectivity index (χ3n) is 2.77. The first-order valence-electron chi connectivity index (χ1n) is 6.06. The Morgan fingerprint density at radius 1 is 1.25 bits per heavy atom. The van der Waals surface area contributed by atoms with Gasteiger partial charge in [0.1, 0.15) is 0 Å². The number of aromatic carboxylic acids is 1. The normalized spacial score (nSPS) is 13.3. The Balaban J connectivity index is 2.37. The van der Waals surface area contributed by atoms with E-state index in [9.17, 15) is 13.8 Å². The molecule has 20 heavy (non-hydrogen) atoms. The molecule has 1 rings (SSSR count). The third kappa shape index (κ3) is 5.40. The van der Waals surface area contributed by atoms with Gasteiger partial charge in [0.05, 0.1) is 5.56 Å². The summed E-state index contributed by atoms with van der Waals surface area (Å²) < 4.78 is 11.1. The molecule has 0 fully saturated rings. The molecule has 0 saturated carbocycles. The summed E-state index contributed by atoms with van der Waals surface area (Å²) in [5.41, 5.74) is 1.01. The average molecular weight is 298 g/mol. The third-order valence-corrected chi connectivity index (χ3v) is 4.07. The van der Waals surface area contributed by atoms with Crippen LogP contribution in [0.5, 0.6) is 0 Å². The molecular formula is C13H18N2O4S. The smallest absolute Gasteiger partial charge is 0.335 e. The van der Waals surface area contributed by atoms with Crippen molar-refractivity contribution in [2.45, 2.75) is 18.7 Å². The quantitative estimate of drug-likeness (QED) is 0.728. The molecule has 0 aromatic heterocycles. The number of hydrogen-bond acceptors (Lipinski definition) is 3. The number of carbonyl (C=O) groups is 2. The van der Waals surface area contributed by atoms with Gasteiger partial charge in [-0.2, -0.15) is 0 Å². The molecule has 0 aliphatic heterocycles. The van der Waals surface area contributed by atoms with E-state index in [-0.39, 0.29) is 16.8 Å². The van der Waals surface area contributed by atoms with Gasteiger partial charge in [0.25, 0.3) is 0 Å². The van der Waals surface area contributed by atoms with Crippen LogP contribution >= 0.6 is 0 Å². The summed E-state index contributed by atoms with van der Waals surface area (Å²) in [6.07, 6.45) is 1.59. The maximum absolute atomic E-state index is 11.5. The van der Waals surface area contributed by atoms with Crippen molar-refractivity contribution in [3.05, 3.63) is 35.4 Å². The van der Waals surface area contributed by atoms with Gasteiger partial charge in [-0.05, 0) is 24.6 Å². The van der Waals surface area contributed by atoms with Gasteiger partial charge >= 0.3 is 12.0 Å². The number of amides is 2. The highest BCUT2D eigenvalue weighted by molar-refractivity contribution is 7.84. The van der Waals surface area contributed by atoms with E-state index in [0.717, 1.165) is 5.56 Å². The van der Waals surface area contributed by atoms with Crippen molar-refractivity contribution in [2.75, 3.05) is 12.8 Å². The van der Waals surface area contributed by atoms with Gasteiger partial charge in [0, 0.05) is 35.4 Å². The lowest BCUT2D eigenvalue weighted by atomic mass is 10.1. The van der Waals surface area contributed by atoms with Crippen LogP contribution in [0.1, 0.15) is 22.8 Å². The Morgan fingerprint density at radius 3 is 2.35 bits per heavy atom.